The molecule has 1 aromatic heterocycles. The molecule has 0 amide bonds. The summed E-state index contributed by atoms with van der Waals surface area (Å²) >= 11 is 0. The van der Waals surface area contributed by atoms with E-state index < -0.39 is 6.36 Å². The van der Waals surface area contributed by atoms with Crippen LogP contribution in [-0.4, -0.2) is 24.0 Å². The van der Waals surface area contributed by atoms with Gasteiger partial charge in [0, 0.05) is 37.3 Å². The zero-order chi connectivity index (χ0) is 17.4. The van der Waals surface area contributed by atoms with Crippen LogP contribution in [0.15, 0.2) is 48.5 Å². The van der Waals surface area contributed by atoms with E-state index in [0.29, 0.717) is 0 Å². The molecule has 0 saturated carbocycles. The van der Waals surface area contributed by atoms with E-state index >= 15 is 0 Å². The second-order valence-electron chi connectivity index (χ2n) is 6.13. The summed E-state index contributed by atoms with van der Waals surface area (Å²) in [6.07, 6.45) is -3.68. The van der Waals surface area contributed by atoms with Crippen molar-refractivity contribution in [2.24, 2.45) is 0 Å². The molecule has 0 fully saturated rings. The van der Waals surface area contributed by atoms with Crippen LogP contribution < -0.4 is 10.1 Å². The topological polar surface area (TPSA) is 26.2 Å². The summed E-state index contributed by atoms with van der Waals surface area (Å²) in [5.41, 5.74) is 4.31. The van der Waals surface area contributed by atoms with Crippen molar-refractivity contribution in [1.29, 1.82) is 0 Å². The van der Waals surface area contributed by atoms with Gasteiger partial charge in [-0.15, -0.1) is 13.2 Å². The Morgan fingerprint density at radius 2 is 1.68 bits per heavy atom. The van der Waals surface area contributed by atoms with Gasteiger partial charge in [-0.05, 0) is 40.8 Å². The molecular weight excluding hydrogens is 329 g/mol. The maximum absolute atomic E-state index is 12.3. The van der Waals surface area contributed by atoms with Crippen molar-refractivity contribution in [3.63, 3.8) is 0 Å². The van der Waals surface area contributed by atoms with Gasteiger partial charge in [-0.2, -0.15) is 0 Å². The van der Waals surface area contributed by atoms with Gasteiger partial charge in [0.1, 0.15) is 5.75 Å². The van der Waals surface area contributed by atoms with Crippen LogP contribution in [0.4, 0.5) is 13.2 Å². The summed E-state index contributed by atoms with van der Waals surface area (Å²) in [5.74, 6) is -0.208. The molecular formula is C19H17F3N2O. The van der Waals surface area contributed by atoms with Gasteiger partial charge < -0.3 is 14.6 Å². The Labute approximate surface area is 143 Å². The number of aromatic nitrogens is 1. The van der Waals surface area contributed by atoms with Crippen LogP contribution in [0.25, 0.3) is 22.0 Å². The fraction of sp³-hybridized carbons (Fsp3) is 0.263. The first kappa shape index (κ1) is 16.0. The number of alkyl halides is 3. The van der Waals surface area contributed by atoms with E-state index in [4.69, 9.17) is 0 Å². The van der Waals surface area contributed by atoms with E-state index in [-0.39, 0.29) is 5.75 Å². The standard InChI is InChI=1S/C19H17F3N2O/c20-19(21,22)25-17-5-3-13(4-6-17)14-1-2-15-11-16-7-8-23-9-10-24(16)18(15)12-14/h1-6,11-12,23H,7-10H2. The highest BCUT2D eigenvalue weighted by Gasteiger charge is 2.30. The minimum absolute atomic E-state index is 0.208. The van der Waals surface area contributed by atoms with Gasteiger partial charge in [0.15, 0.2) is 0 Å². The average molecular weight is 346 g/mol. The number of hydrogen-bond donors (Lipinski definition) is 1. The Balaban J connectivity index is 1.68. The van der Waals surface area contributed by atoms with Crippen molar-refractivity contribution < 1.29 is 17.9 Å². The Morgan fingerprint density at radius 3 is 2.44 bits per heavy atom. The van der Waals surface area contributed by atoms with Crippen LogP contribution in [0.3, 0.4) is 0 Å². The zero-order valence-electron chi connectivity index (χ0n) is 13.4. The van der Waals surface area contributed by atoms with Gasteiger partial charge in [0.2, 0.25) is 0 Å². The minimum Gasteiger partial charge on any atom is -0.406 e. The van der Waals surface area contributed by atoms with Gasteiger partial charge in [0.25, 0.3) is 0 Å². The number of halogens is 3. The summed E-state index contributed by atoms with van der Waals surface area (Å²) < 4.78 is 43.0. The first-order valence-electron chi connectivity index (χ1n) is 8.19. The molecule has 0 radical (unpaired) electrons. The normalized spacial score (nSPS) is 15.0. The maximum atomic E-state index is 12.3. The Morgan fingerprint density at radius 1 is 0.920 bits per heavy atom. The van der Waals surface area contributed by atoms with Crippen molar-refractivity contribution in [2.45, 2.75) is 19.3 Å². The molecule has 0 unspecified atom stereocenters. The largest absolute Gasteiger partial charge is 0.573 e. The average Bonchev–Trinajstić information content (AvgIpc) is 2.74. The quantitative estimate of drug-likeness (QED) is 0.746. The Bertz CT molecular complexity index is 897. The molecule has 2 aromatic carbocycles. The molecule has 1 N–H and O–H groups in total. The molecule has 3 aromatic rings. The lowest BCUT2D eigenvalue weighted by Crippen LogP contribution is -2.17. The van der Waals surface area contributed by atoms with Crippen molar-refractivity contribution in [3.05, 3.63) is 54.2 Å². The number of nitrogens with zero attached hydrogens (tertiary/aromatic N) is 1. The highest BCUT2D eigenvalue weighted by atomic mass is 19.4. The molecule has 130 valence electrons. The molecule has 25 heavy (non-hydrogen) atoms. The maximum Gasteiger partial charge on any atom is 0.573 e. The third-order valence-corrected chi connectivity index (χ3v) is 4.48. The lowest BCUT2D eigenvalue weighted by atomic mass is 10.0. The van der Waals surface area contributed by atoms with Crippen molar-refractivity contribution >= 4 is 10.9 Å². The van der Waals surface area contributed by atoms with E-state index in [2.05, 4.69) is 32.8 Å². The molecule has 1 aliphatic heterocycles. The number of ether oxygens (including phenoxy) is 1. The number of rotatable bonds is 2. The molecule has 3 nitrogen and oxygen atoms in total. The van der Waals surface area contributed by atoms with Crippen molar-refractivity contribution in [1.82, 2.24) is 9.88 Å². The second kappa shape index (κ2) is 6.11. The molecule has 0 saturated heterocycles. The first-order chi connectivity index (χ1) is 12.0. The third-order valence-electron chi connectivity index (χ3n) is 4.48. The lowest BCUT2D eigenvalue weighted by molar-refractivity contribution is -0.274. The summed E-state index contributed by atoms with van der Waals surface area (Å²) in [7, 11) is 0. The second-order valence-corrected chi connectivity index (χ2v) is 6.13. The number of hydrogen-bond acceptors (Lipinski definition) is 2. The Hall–Kier alpha value is -2.47. The molecule has 0 spiro atoms. The fourth-order valence-electron chi connectivity index (χ4n) is 3.34. The van der Waals surface area contributed by atoms with Crippen LogP contribution in [0.2, 0.25) is 0 Å². The predicted molar refractivity (Wildman–Crippen MR) is 90.6 cm³/mol. The lowest BCUT2D eigenvalue weighted by Gasteiger charge is -2.10. The van der Waals surface area contributed by atoms with E-state index in [9.17, 15) is 13.2 Å². The van der Waals surface area contributed by atoms with Crippen molar-refractivity contribution in [3.8, 4) is 16.9 Å². The van der Waals surface area contributed by atoms with Crippen LogP contribution in [0, 0.1) is 0 Å². The van der Waals surface area contributed by atoms with Gasteiger partial charge in [-0.1, -0.05) is 24.3 Å². The van der Waals surface area contributed by atoms with E-state index in [1.54, 1.807) is 12.1 Å². The van der Waals surface area contributed by atoms with Crippen LogP contribution in [-0.2, 0) is 13.0 Å². The summed E-state index contributed by atoms with van der Waals surface area (Å²) in [6, 6.07) is 14.4. The molecule has 0 aliphatic carbocycles. The highest BCUT2D eigenvalue weighted by Crippen LogP contribution is 2.30. The zero-order valence-corrected chi connectivity index (χ0v) is 13.4. The minimum atomic E-state index is -4.67. The molecule has 4 rings (SSSR count). The summed E-state index contributed by atoms with van der Waals surface area (Å²) in [4.78, 5) is 0. The van der Waals surface area contributed by atoms with Gasteiger partial charge >= 0.3 is 6.36 Å². The van der Waals surface area contributed by atoms with E-state index in [0.717, 1.165) is 42.7 Å². The molecule has 1 aliphatic rings. The molecule has 0 bridgehead atoms. The smallest absolute Gasteiger partial charge is 0.406 e. The highest BCUT2D eigenvalue weighted by molar-refractivity contribution is 5.86. The van der Waals surface area contributed by atoms with E-state index in [1.165, 1.54) is 23.2 Å². The van der Waals surface area contributed by atoms with Gasteiger partial charge in [0.05, 0.1) is 0 Å². The van der Waals surface area contributed by atoms with Crippen LogP contribution >= 0.6 is 0 Å². The monoisotopic (exact) mass is 346 g/mol. The van der Waals surface area contributed by atoms with Crippen LogP contribution in [0.1, 0.15) is 5.69 Å². The SMILES string of the molecule is FC(F)(F)Oc1ccc(-c2ccc3cc4n(c3c2)CCNCC4)cc1. The van der Waals surface area contributed by atoms with Crippen LogP contribution in [0.5, 0.6) is 5.75 Å². The number of benzene rings is 2. The van der Waals surface area contributed by atoms with E-state index in [1.807, 2.05) is 6.07 Å². The fourth-order valence-corrected chi connectivity index (χ4v) is 3.34. The van der Waals surface area contributed by atoms with Crippen molar-refractivity contribution in [2.75, 3.05) is 13.1 Å². The van der Waals surface area contributed by atoms with Gasteiger partial charge in [-0.25, -0.2) is 0 Å². The summed E-state index contributed by atoms with van der Waals surface area (Å²) in [5, 5.41) is 4.58. The third kappa shape index (κ3) is 3.35. The number of nitrogens with one attached hydrogen (secondary N) is 1. The molecule has 0 atom stereocenters. The van der Waals surface area contributed by atoms with Gasteiger partial charge in [-0.3, -0.25) is 0 Å². The predicted octanol–water partition coefficient (Wildman–Crippen LogP) is 4.35. The molecule has 6 heteroatoms. The first-order valence-corrected chi connectivity index (χ1v) is 8.19. The summed E-state index contributed by atoms with van der Waals surface area (Å²) in [6.45, 7) is 2.83. The number of fused-ring (bicyclic) bond motifs is 3. The Kier molecular flexibility index (Phi) is 3.92. The molecule has 2 heterocycles.